The van der Waals surface area contributed by atoms with E-state index in [1.54, 1.807) is 0 Å². The molecule has 1 aliphatic heterocycles. The van der Waals surface area contributed by atoms with Gasteiger partial charge in [-0.3, -0.25) is 0 Å². The number of likely N-dealkylation sites (N-methyl/N-ethyl adjacent to an activating group) is 1. The summed E-state index contributed by atoms with van der Waals surface area (Å²) < 4.78 is 0. The lowest BCUT2D eigenvalue weighted by atomic mass is 10.0. The molecule has 0 amide bonds. The van der Waals surface area contributed by atoms with Crippen LogP contribution in [0.1, 0.15) is 11.1 Å². The van der Waals surface area contributed by atoms with E-state index >= 15 is 0 Å². The van der Waals surface area contributed by atoms with Gasteiger partial charge >= 0.3 is 0 Å². The molecule has 0 spiro atoms. The van der Waals surface area contributed by atoms with Gasteiger partial charge in [-0.15, -0.1) is 0 Å². The number of hydrogen-bond donors (Lipinski definition) is 0. The first kappa shape index (κ1) is 8.12. The molecule has 1 aromatic rings. The van der Waals surface area contributed by atoms with E-state index < -0.39 is 0 Å². The number of anilines is 1. The summed E-state index contributed by atoms with van der Waals surface area (Å²) >= 11 is 0. The Bertz CT molecular complexity index is 363. The fourth-order valence-corrected chi connectivity index (χ4v) is 1.92. The van der Waals surface area contributed by atoms with Crippen molar-refractivity contribution in [1.29, 1.82) is 5.26 Å². The van der Waals surface area contributed by atoms with E-state index in [4.69, 9.17) is 5.26 Å². The number of benzene rings is 1. The molecule has 2 heteroatoms. The molecule has 1 aliphatic rings. The largest absolute Gasteiger partial charge is 0.374 e. The van der Waals surface area contributed by atoms with E-state index in [2.05, 4.69) is 30.1 Å². The van der Waals surface area contributed by atoms with Gasteiger partial charge in [0.05, 0.1) is 12.5 Å². The summed E-state index contributed by atoms with van der Waals surface area (Å²) in [5.74, 6) is 0. The van der Waals surface area contributed by atoms with Crippen molar-refractivity contribution in [2.45, 2.75) is 12.8 Å². The maximum atomic E-state index is 8.65. The first-order chi connectivity index (χ1) is 6.33. The zero-order valence-corrected chi connectivity index (χ0v) is 7.75. The minimum absolute atomic E-state index is 0.539. The predicted octanol–water partition coefficient (Wildman–Crippen LogP) is 1.74. The molecule has 0 fully saturated rings. The molecule has 0 saturated carbocycles. The molecule has 0 aromatic heterocycles. The Morgan fingerprint density at radius 3 is 3.15 bits per heavy atom. The van der Waals surface area contributed by atoms with Crippen LogP contribution in [0.4, 0.5) is 5.69 Å². The highest BCUT2D eigenvalue weighted by Crippen LogP contribution is 2.29. The molecule has 0 atom stereocenters. The van der Waals surface area contributed by atoms with Crippen LogP contribution >= 0.6 is 0 Å². The molecule has 1 aromatic carbocycles. The van der Waals surface area contributed by atoms with Gasteiger partial charge in [0.2, 0.25) is 0 Å². The van der Waals surface area contributed by atoms with Crippen molar-refractivity contribution >= 4 is 5.69 Å². The summed E-state index contributed by atoms with van der Waals surface area (Å²) in [7, 11) is 2.10. The van der Waals surface area contributed by atoms with Crippen molar-refractivity contribution < 1.29 is 0 Å². The minimum atomic E-state index is 0.539. The fraction of sp³-hybridized carbons (Fsp3) is 0.364. The third kappa shape index (κ3) is 1.27. The molecule has 0 saturated heterocycles. The number of hydrogen-bond acceptors (Lipinski definition) is 2. The van der Waals surface area contributed by atoms with Crippen molar-refractivity contribution in [2.75, 3.05) is 18.5 Å². The highest BCUT2D eigenvalue weighted by atomic mass is 15.1. The van der Waals surface area contributed by atoms with E-state index in [0.717, 1.165) is 13.0 Å². The second kappa shape index (κ2) is 3.10. The second-order valence-electron chi connectivity index (χ2n) is 3.42. The van der Waals surface area contributed by atoms with E-state index in [1.807, 2.05) is 6.07 Å². The Morgan fingerprint density at radius 1 is 1.54 bits per heavy atom. The molecule has 0 bridgehead atoms. The average molecular weight is 172 g/mol. The Hall–Kier alpha value is -1.49. The third-order valence-corrected chi connectivity index (χ3v) is 2.63. The lowest BCUT2D eigenvalue weighted by molar-refractivity contribution is 0.952. The van der Waals surface area contributed by atoms with E-state index in [9.17, 15) is 0 Å². The van der Waals surface area contributed by atoms with Gasteiger partial charge in [0.1, 0.15) is 0 Å². The van der Waals surface area contributed by atoms with Gasteiger partial charge in [0.15, 0.2) is 0 Å². The number of fused-ring (bicyclic) bond motifs is 1. The minimum Gasteiger partial charge on any atom is -0.374 e. The summed E-state index contributed by atoms with van der Waals surface area (Å²) in [5.41, 5.74) is 3.86. The lowest BCUT2D eigenvalue weighted by Gasteiger charge is -2.11. The van der Waals surface area contributed by atoms with Crippen molar-refractivity contribution in [3.63, 3.8) is 0 Å². The normalized spacial score (nSPS) is 14.0. The monoisotopic (exact) mass is 172 g/mol. The average Bonchev–Trinajstić information content (AvgIpc) is 2.50. The van der Waals surface area contributed by atoms with Gasteiger partial charge in [-0.25, -0.2) is 0 Å². The van der Waals surface area contributed by atoms with Crippen LogP contribution in [0.25, 0.3) is 0 Å². The van der Waals surface area contributed by atoms with Crippen molar-refractivity contribution in [3.05, 3.63) is 29.3 Å². The predicted molar refractivity (Wildman–Crippen MR) is 52.7 cm³/mol. The number of rotatable bonds is 1. The van der Waals surface area contributed by atoms with Crippen LogP contribution < -0.4 is 4.90 Å². The fourth-order valence-electron chi connectivity index (χ4n) is 1.92. The standard InChI is InChI=1S/C11H12N2/c1-13-8-6-10-9(5-7-12)3-2-4-11(10)13/h2-4H,5-6,8H2,1H3. The molecule has 66 valence electrons. The topological polar surface area (TPSA) is 27.0 Å². The molecular formula is C11H12N2. The van der Waals surface area contributed by atoms with Crippen LogP contribution in [-0.4, -0.2) is 13.6 Å². The molecule has 2 rings (SSSR count). The number of nitriles is 1. The van der Waals surface area contributed by atoms with Crippen LogP contribution in [0.15, 0.2) is 18.2 Å². The molecule has 1 heterocycles. The summed E-state index contributed by atoms with van der Waals surface area (Å²) in [6, 6.07) is 8.43. The third-order valence-electron chi connectivity index (χ3n) is 2.63. The van der Waals surface area contributed by atoms with Crippen molar-refractivity contribution in [3.8, 4) is 6.07 Å². The zero-order valence-electron chi connectivity index (χ0n) is 7.75. The first-order valence-electron chi connectivity index (χ1n) is 4.52. The molecule has 0 radical (unpaired) electrons. The maximum Gasteiger partial charge on any atom is 0.0669 e. The second-order valence-corrected chi connectivity index (χ2v) is 3.42. The summed E-state index contributed by atoms with van der Waals surface area (Å²) in [6.07, 6.45) is 1.63. The van der Waals surface area contributed by atoms with E-state index in [1.165, 1.54) is 16.8 Å². The van der Waals surface area contributed by atoms with Crippen LogP contribution in [0, 0.1) is 11.3 Å². The maximum absolute atomic E-state index is 8.65. The van der Waals surface area contributed by atoms with Crippen molar-refractivity contribution in [2.24, 2.45) is 0 Å². The quantitative estimate of drug-likeness (QED) is 0.645. The molecule has 13 heavy (non-hydrogen) atoms. The zero-order chi connectivity index (χ0) is 9.26. The van der Waals surface area contributed by atoms with Gasteiger partial charge < -0.3 is 4.90 Å². The van der Waals surface area contributed by atoms with Crippen molar-refractivity contribution in [1.82, 2.24) is 0 Å². The summed E-state index contributed by atoms with van der Waals surface area (Å²) in [4.78, 5) is 2.25. The highest BCUT2D eigenvalue weighted by Gasteiger charge is 2.17. The van der Waals surface area contributed by atoms with Gasteiger partial charge in [-0.05, 0) is 23.6 Å². The highest BCUT2D eigenvalue weighted by molar-refractivity contribution is 5.60. The van der Waals surface area contributed by atoms with Crippen LogP contribution in [0.3, 0.4) is 0 Å². The Morgan fingerprint density at radius 2 is 2.38 bits per heavy atom. The SMILES string of the molecule is CN1CCc2c(CC#N)cccc21. The van der Waals surface area contributed by atoms with Gasteiger partial charge in [-0.1, -0.05) is 12.1 Å². The van der Waals surface area contributed by atoms with Gasteiger partial charge in [-0.2, -0.15) is 5.26 Å². The Balaban J connectivity index is 2.46. The van der Waals surface area contributed by atoms with Gasteiger partial charge in [0, 0.05) is 19.3 Å². The first-order valence-corrected chi connectivity index (χ1v) is 4.52. The van der Waals surface area contributed by atoms with E-state index in [-0.39, 0.29) is 0 Å². The molecule has 0 unspecified atom stereocenters. The Kier molecular flexibility index (Phi) is 1.94. The van der Waals surface area contributed by atoms with Gasteiger partial charge in [0.25, 0.3) is 0 Å². The van der Waals surface area contributed by atoms with Crippen LogP contribution in [0.2, 0.25) is 0 Å². The summed E-state index contributed by atoms with van der Waals surface area (Å²) in [6.45, 7) is 1.08. The smallest absolute Gasteiger partial charge is 0.0669 e. The molecule has 2 nitrogen and oxygen atoms in total. The summed E-state index contributed by atoms with van der Waals surface area (Å²) in [5, 5.41) is 8.65. The van der Waals surface area contributed by atoms with E-state index in [0.29, 0.717) is 6.42 Å². The molecule has 0 aliphatic carbocycles. The molecule has 0 N–H and O–H groups in total. The Labute approximate surface area is 78.4 Å². The number of nitrogens with zero attached hydrogens (tertiary/aromatic N) is 2. The van der Waals surface area contributed by atoms with Crippen LogP contribution in [-0.2, 0) is 12.8 Å². The molecular weight excluding hydrogens is 160 g/mol. The van der Waals surface area contributed by atoms with Crippen LogP contribution in [0.5, 0.6) is 0 Å². The lowest BCUT2D eigenvalue weighted by Crippen LogP contribution is -2.12.